The van der Waals surface area contributed by atoms with Crippen molar-refractivity contribution >= 4 is 11.4 Å². The highest BCUT2D eigenvalue weighted by Gasteiger charge is 2.29. The molecule has 1 rings (SSSR count). The van der Waals surface area contributed by atoms with Gasteiger partial charge >= 0.3 is 6.18 Å². The third kappa shape index (κ3) is 3.12. The van der Waals surface area contributed by atoms with E-state index in [1.165, 1.54) is 0 Å². The van der Waals surface area contributed by atoms with Crippen LogP contribution in [0.4, 0.5) is 24.5 Å². The molecule has 15 heavy (non-hydrogen) atoms. The molecule has 0 heterocycles. The normalized spacial score (nSPS) is 11.4. The van der Waals surface area contributed by atoms with Gasteiger partial charge in [-0.1, -0.05) is 0 Å². The van der Waals surface area contributed by atoms with E-state index in [9.17, 15) is 23.3 Å². The minimum absolute atomic E-state index is 0.0991. The molecular formula is C8H7F3N2O2. The number of halogens is 3. The molecule has 7 heteroatoms. The van der Waals surface area contributed by atoms with E-state index >= 15 is 0 Å². The molecule has 0 amide bonds. The average molecular weight is 220 g/mol. The Morgan fingerprint density at radius 1 is 1.40 bits per heavy atom. The molecule has 0 spiro atoms. The van der Waals surface area contributed by atoms with Crippen molar-refractivity contribution in [3.05, 3.63) is 33.9 Å². The average Bonchev–Trinajstić information content (AvgIpc) is 2.06. The molecule has 0 atom stereocenters. The molecular weight excluding hydrogens is 213 g/mol. The minimum Gasteiger partial charge on any atom is -0.398 e. The van der Waals surface area contributed by atoms with E-state index in [0.717, 1.165) is 18.2 Å². The van der Waals surface area contributed by atoms with Gasteiger partial charge in [0.2, 0.25) is 0 Å². The van der Waals surface area contributed by atoms with Crippen molar-refractivity contribution in [3.63, 3.8) is 0 Å². The van der Waals surface area contributed by atoms with Gasteiger partial charge in [-0.05, 0) is 11.6 Å². The van der Waals surface area contributed by atoms with Gasteiger partial charge in [0.05, 0.1) is 11.3 Å². The highest BCUT2D eigenvalue weighted by atomic mass is 19.4. The molecule has 1 aromatic carbocycles. The van der Waals surface area contributed by atoms with E-state index in [1.807, 2.05) is 0 Å². The van der Waals surface area contributed by atoms with Crippen molar-refractivity contribution in [1.82, 2.24) is 0 Å². The van der Waals surface area contributed by atoms with Gasteiger partial charge in [-0.25, -0.2) is 0 Å². The summed E-state index contributed by atoms with van der Waals surface area (Å²) in [5.74, 6) is 0. The molecule has 0 aromatic heterocycles. The predicted octanol–water partition coefficient (Wildman–Crippen LogP) is 2.28. The number of nitro groups is 1. The van der Waals surface area contributed by atoms with Crippen LogP contribution in [0.2, 0.25) is 0 Å². The van der Waals surface area contributed by atoms with Crippen molar-refractivity contribution in [2.24, 2.45) is 0 Å². The number of anilines is 1. The number of nitrogens with zero attached hydrogens (tertiary/aromatic N) is 1. The van der Waals surface area contributed by atoms with Crippen molar-refractivity contribution in [2.75, 3.05) is 5.73 Å². The summed E-state index contributed by atoms with van der Waals surface area (Å²) in [5, 5.41) is 10.3. The molecule has 0 saturated heterocycles. The van der Waals surface area contributed by atoms with E-state index in [2.05, 4.69) is 0 Å². The van der Waals surface area contributed by atoms with Gasteiger partial charge in [-0.15, -0.1) is 0 Å². The van der Waals surface area contributed by atoms with E-state index in [4.69, 9.17) is 5.73 Å². The fraction of sp³-hybridized carbons (Fsp3) is 0.250. The van der Waals surface area contributed by atoms with Crippen LogP contribution in [0.3, 0.4) is 0 Å². The fourth-order valence-electron chi connectivity index (χ4n) is 1.07. The fourth-order valence-corrected chi connectivity index (χ4v) is 1.07. The number of non-ortho nitro benzene ring substituents is 1. The Hall–Kier alpha value is -1.79. The molecule has 0 fully saturated rings. The van der Waals surface area contributed by atoms with Crippen LogP contribution in [0.1, 0.15) is 5.56 Å². The van der Waals surface area contributed by atoms with Crippen LogP contribution in [0.25, 0.3) is 0 Å². The molecule has 0 radical (unpaired) electrons. The molecule has 0 aliphatic rings. The number of hydrogen-bond acceptors (Lipinski definition) is 3. The summed E-state index contributed by atoms with van der Waals surface area (Å²) in [4.78, 5) is 9.55. The summed E-state index contributed by atoms with van der Waals surface area (Å²) in [6, 6.07) is 3.00. The minimum atomic E-state index is -4.43. The van der Waals surface area contributed by atoms with Gasteiger partial charge in [0.1, 0.15) is 0 Å². The van der Waals surface area contributed by atoms with Gasteiger partial charge in [-0.3, -0.25) is 10.1 Å². The lowest BCUT2D eigenvalue weighted by Crippen LogP contribution is -2.13. The van der Waals surface area contributed by atoms with Gasteiger partial charge in [0.25, 0.3) is 5.69 Å². The summed E-state index contributed by atoms with van der Waals surface area (Å²) in [6.45, 7) is 0. The summed E-state index contributed by atoms with van der Waals surface area (Å²) in [7, 11) is 0. The SMILES string of the molecule is Nc1ccc([N+](=O)[O-])cc1CC(F)(F)F. The molecule has 0 saturated carbocycles. The standard InChI is InChI=1S/C8H7F3N2O2/c9-8(10,11)4-5-3-6(13(14)15)1-2-7(5)12/h1-3H,4,12H2. The van der Waals surface area contributed by atoms with E-state index < -0.39 is 23.2 Å². The smallest absolute Gasteiger partial charge is 0.393 e. The van der Waals surface area contributed by atoms with Crippen molar-refractivity contribution in [2.45, 2.75) is 12.6 Å². The summed E-state index contributed by atoms with van der Waals surface area (Å²) < 4.78 is 36.1. The highest BCUT2D eigenvalue weighted by molar-refractivity contribution is 5.52. The second-order valence-corrected chi connectivity index (χ2v) is 2.93. The van der Waals surface area contributed by atoms with Crippen LogP contribution in [0.15, 0.2) is 18.2 Å². The van der Waals surface area contributed by atoms with Crippen LogP contribution in [0.5, 0.6) is 0 Å². The quantitative estimate of drug-likeness (QED) is 0.472. The number of hydrogen-bond donors (Lipinski definition) is 1. The Balaban J connectivity index is 3.06. The maximum atomic E-state index is 12.0. The molecule has 0 aliphatic carbocycles. The number of benzene rings is 1. The van der Waals surface area contributed by atoms with Crippen molar-refractivity contribution in [3.8, 4) is 0 Å². The largest absolute Gasteiger partial charge is 0.398 e. The third-order valence-corrected chi connectivity index (χ3v) is 1.73. The highest BCUT2D eigenvalue weighted by Crippen LogP contribution is 2.27. The lowest BCUT2D eigenvalue weighted by molar-refractivity contribution is -0.384. The number of alkyl halides is 3. The second-order valence-electron chi connectivity index (χ2n) is 2.93. The van der Waals surface area contributed by atoms with Gasteiger partial charge in [-0.2, -0.15) is 13.2 Å². The van der Waals surface area contributed by atoms with Gasteiger partial charge < -0.3 is 5.73 Å². The Labute approximate surface area is 82.7 Å². The summed E-state index contributed by atoms with van der Waals surface area (Å²) >= 11 is 0. The maximum Gasteiger partial charge on any atom is 0.393 e. The van der Waals surface area contributed by atoms with Crippen molar-refractivity contribution in [1.29, 1.82) is 0 Å². The Morgan fingerprint density at radius 3 is 2.47 bits per heavy atom. The first-order valence-electron chi connectivity index (χ1n) is 3.89. The number of nitro benzene ring substituents is 1. The molecule has 1 aromatic rings. The zero-order valence-electron chi connectivity index (χ0n) is 7.41. The lowest BCUT2D eigenvalue weighted by Gasteiger charge is -2.08. The van der Waals surface area contributed by atoms with Crippen LogP contribution >= 0.6 is 0 Å². The first-order chi connectivity index (χ1) is 6.79. The number of rotatable bonds is 2. The summed E-state index contributed by atoms with van der Waals surface area (Å²) in [6.07, 6.45) is -5.69. The Bertz CT molecular complexity index is 390. The van der Waals surface area contributed by atoms with E-state index in [-0.39, 0.29) is 11.3 Å². The molecule has 0 unspecified atom stereocenters. The number of nitrogens with two attached hydrogens (primary N) is 1. The first kappa shape index (κ1) is 11.3. The van der Waals surface area contributed by atoms with Crippen LogP contribution in [0, 0.1) is 10.1 Å². The first-order valence-corrected chi connectivity index (χ1v) is 3.89. The zero-order chi connectivity index (χ0) is 11.6. The lowest BCUT2D eigenvalue weighted by atomic mass is 10.1. The van der Waals surface area contributed by atoms with E-state index in [0.29, 0.717) is 0 Å². The monoisotopic (exact) mass is 220 g/mol. The Kier molecular flexibility index (Phi) is 2.83. The van der Waals surface area contributed by atoms with E-state index in [1.54, 1.807) is 0 Å². The topological polar surface area (TPSA) is 69.2 Å². The van der Waals surface area contributed by atoms with Crippen molar-refractivity contribution < 1.29 is 18.1 Å². The van der Waals surface area contributed by atoms with Crippen LogP contribution in [-0.4, -0.2) is 11.1 Å². The van der Waals surface area contributed by atoms with Crippen LogP contribution < -0.4 is 5.73 Å². The third-order valence-electron chi connectivity index (χ3n) is 1.73. The molecule has 82 valence electrons. The predicted molar refractivity (Wildman–Crippen MR) is 47.3 cm³/mol. The Morgan fingerprint density at radius 2 is 2.00 bits per heavy atom. The second kappa shape index (κ2) is 3.76. The molecule has 2 N–H and O–H groups in total. The van der Waals surface area contributed by atoms with Gasteiger partial charge in [0.15, 0.2) is 0 Å². The molecule has 0 bridgehead atoms. The van der Waals surface area contributed by atoms with Crippen LogP contribution in [-0.2, 0) is 6.42 Å². The molecule has 4 nitrogen and oxygen atoms in total. The summed E-state index contributed by atoms with van der Waals surface area (Å²) in [5.41, 5.74) is 4.49. The molecule has 0 aliphatic heterocycles. The maximum absolute atomic E-state index is 12.0. The van der Waals surface area contributed by atoms with Gasteiger partial charge in [0, 0.05) is 17.8 Å². The zero-order valence-corrected chi connectivity index (χ0v) is 7.41. The number of nitrogen functional groups attached to an aromatic ring is 1.